The molecule has 0 spiro atoms. The van der Waals surface area contributed by atoms with Gasteiger partial charge in [-0.15, -0.1) is 5.10 Å². The van der Waals surface area contributed by atoms with Gasteiger partial charge in [0.15, 0.2) is 0 Å². The third-order valence-electron chi connectivity index (χ3n) is 4.71. The summed E-state index contributed by atoms with van der Waals surface area (Å²) in [6.45, 7) is 4.49. The van der Waals surface area contributed by atoms with Crippen LogP contribution in [0.5, 0.6) is 5.75 Å². The second-order valence-corrected chi connectivity index (χ2v) is 6.83. The van der Waals surface area contributed by atoms with Gasteiger partial charge < -0.3 is 10.1 Å². The summed E-state index contributed by atoms with van der Waals surface area (Å²) in [6.07, 6.45) is 1.73. The Morgan fingerprint density at radius 3 is 2.47 bits per heavy atom. The molecule has 1 aromatic heterocycles. The monoisotopic (exact) mass is 398 g/mol. The van der Waals surface area contributed by atoms with Crippen molar-refractivity contribution in [2.75, 3.05) is 11.9 Å². The molecule has 0 unspecified atom stereocenters. The van der Waals surface area contributed by atoms with E-state index in [2.05, 4.69) is 34.7 Å². The van der Waals surface area contributed by atoms with Gasteiger partial charge in [-0.05, 0) is 50.2 Å². The summed E-state index contributed by atoms with van der Waals surface area (Å²) in [5.41, 5.74) is 5.12. The molecule has 0 aliphatic rings. The molecule has 0 radical (unpaired) electrons. The molecule has 1 heterocycles. The van der Waals surface area contributed by atoms with Gasteiger partial charge >= 0.3 is 0 Å². The molecule has 6 heteroatoms. The highest BCUT2D eigenvalue weighted by Crippen LogP contribution is 2.25. The Hall–Kier alpha value is -3.93. The number of hydrogen-bond donors (Lipinski definition) is 1. The second kappa shape index (κ2) is 8.61. The first-order valence-corrected chi connectivity index (χ1v) is 9.77. The summed E-state index contributed by atoms with van der Waals surface area (Å²) in [7, 11) is 0. The SMILES string of the molecule is CCOc1ccccc1NC(=O)c1ccc(-n2nncc2-c2ccc(C)cc2)cc1. The maximum atomic E-state index is 12.7. The van der Waals surface area contributed by atoms with Gasteiger partial charge in [0.05, 0.1) is 29.9 Å². The van der Waals surface area contributed by atoms with Crippen LogP contribution in [0, 0.1) is 6.92 Å². The summed E-state index contributed by atoms with van der Waals surface area (Å²) in [5.74, 6) is 0.446. The van der Waals surface area contributed by atoms with Crippen molar-refractivity contribution in [2.45, 2.75) is 13.8 Å². The average molecular weight is 398 g/mol. The third-order valence-corrected chi connectivity index (χ3v) is 4.71. The van der Waals surface area contributed by atoms with Gasteiger partial charge in [-0.3, -0.25) is 4.79 Å². The Morgan fingerprint density at radius 2 is 1.73 bits per heavy atom. The smallest absolute Gasteiger partial charge is 0.255 e. The van der Waals surface area contributed by atoms with E-state index in [-0.39, 0.29) is 5.91 Å². The number of carbonyl (C=O) groups is 1. The van der Waals surface area contributed by atoms with Crippen LogP contribution in [0.3, 0.4) is 0 Å². The van der Waals surface area contributed by atoms with Crippen LogP contribution in [0.4, 0.5) is 5.69 Å². The van der Waals surface area contributed by atoms with Gasteiger partial charge in [-0.2, -0.15) is 0 Å². The lowest BCUT2D eigenvalue weighted by Crippen LogP contribution is -2.13. The fourth-order valence-electron chi connectivity index (χ4n) is 3.15. The van der Waals surface area contributed by atoms with Gasteiger partial charge in [-0.25, -0.2) is 4.68 Å². The molecule has 0 bridgehead atoms. The number of ether oxygens (including phenoxy) is 1. The largest absolute Gasteiger partial charge is 0.492 e. The van der Waals surface area contributed by atoms with Gasteiger partial charge in [0.2, 0.25) is 0 Å². The zero-order chi connectivity index (χ0) is 20.9. The fourth-order valence-corrected chi connectivity index (χ4v) is 3.15. The zero-order valence-corrected chi connectivity index (χ0v) is 16.9. The number of benzene rings is 3. The number of rotatable bonds is 6. The van der Waals surface area contributed by atoms with Crippen molar-refractivity contribution in [3.8, 4) is 22.7 Å². The van der Waals surface area contributed by atoms with E-state index < -0.39 is 0 Å². The predicted molar refractivity (Wildman–Crippen MR) is 117 cm³/mol. The van der Waals surface area contributed by atoms with Gasteiger partial charge in [0.1, 0.15) is 5.75 Å². The third kappa shape index (κ3) is 4.07. The molecule has 0 aliphatic heterocycles. The highest BCUT2D eigenvalue weighted by Gasteiger charge is 2.12. The van der Waals surface area contributed by atoms with Crippen molar-refractivity contribution >= 4 is 11.6 Å². The molecule has 0 aliphatic carbocycles. The molecule has 0 atom stereocenters. The predicted octanol–water partition coefficient (Wildman–Crippen LogP) is 4.89. The molecule has 4 rings (SSSR count). The quantitative estimate of drug-likeness (QED) is 0.502. The summed E-state index contributed by atoms with van der Waals surface area (Å²) in [5, 5.41) is 11.2. The van der Waals surface area contributed by atoms with E-state index in [1.54, 1.807) is 23.0 Å². The first kappa shape index (κ1) is 19.4. The summed E-state index contributed by atoms with van der Waals surface area (Å²) < 4.78 is 7.33. The first-order chi connectivity index (χ1) is 14.7. The fraction of sp³-hybridized carbons (Fsp3) is 0.125. The number of para-hydroxylation sites is 2. The Bertz CT molecular complexity index is 1150. The van der Waals surface area contributed by atoms with Crippen molar-refractivity contribution in [2.24, 2.45) is 0 Å². The minimum absolute atomic E-state index is 0.203. The molecule has 4 aromatic rings. The number of aryl methyl sites for hydroxylation is 1. The van der Waals surface area contributed by atoms with Crippen LogP contribution in [0.1, 0.15) is 22.8 Å². The molecule has 0 fully saturated rings. The van der Waals surface area contributed by atoms with Crippen LogP contribution in [0.15, 0.2) is 79.0 Å². The maximum absolute atomic E-state index is 12.7. The van der Waals surface area contributed by atoms with Crippen molar-refractivity contribution in [3.63, 3.8) is 0 Å². The molecular weight excluding hydrogens is 376 g/mol. The van der Waals surface area contributed by atoms with Gasteiger partial charge in [-0.1, -0.05) is 47.2 Å². The molecule has 6 nitrogen and oxygen atoms in total. The second-order valence-electron chi connectivity index (χ2n) is 6.83. The summed E-state index contributed by atoms with van der Waals surface area (Å²) in [4.78, 5) is 12.7. The van der Waals surface area contributed by atoms with Crippen LogP contribution in [-0.4, -0.2) is 27.5 Å². The van der Waals surface area contributed by atoms with E-state index in [1.165, 1.54) is 5.56 Å². The first-order valence-electron chi connectivity index (χ1n) is 9.77. The van der Waals surface area contributed by atoms with Crippen LogP contribution in [0.25, 0.3) is 16.9 Å². The lowest BCUT2D eigenvalue weighted by Gasteiger charge is -2.12. The number of nitrogens with one attached hydrogen (secondary N) is 1. The molecule has 1 amide bonds. The van der Waals surface area contributed by atoms with E-state index in [0.29, 0.717) is 23.6 Å². The van der Waals surface area contributed by atoms with Crippen LogP contribution in [-0.2, 0) is 0 Å². The molecular formula is C24H22N4O2. The number of aromatic nitrogens is 3. The summed E-state index contributed by atoms with van der Waals surface area (Å²) >= 11 is 0. The number of carbonyl (C=O) groups excluding carboxylic acids is 1. The summed E-state index contributed by atoms with van der Waals surface area (Å²) in [6, 6.07) is 22.8. The maximum Gasteiger partial charge on any atom is 0.255 e. The average Bonchev–Trinajstić information content (AvgIpc) is 3.26. The van der Waals surface area contributed by atoms with Crippen molar-refractivity contribution in [1.82, 2.24) is 15.0 Å². The van der Waals surface area contributed by atoms with Crippen LogP contribution >= 0.6 is 0 Å². The van der Waals surface area contributed by atoms with Crippen LogP contribution < -0.4 is 10.1 Å². The van der Waals surface area contributed by atoms with E-state index in [0.717, 1.165) is 16.9 Å². The highest BCUT2D eigenvalue weighted by molar-refractivity contribution is 6.05. The number of nitrogens with zero attached hydrogens (tertiary/aromatic N) is 3. The molecule has 0 saturated carbocycles. The standard InChI is InChI=1S/C24H22N4O2/c1-3-30-23-7-5-4-6-21(23)26-24(29)19-12-14-20(15-13-19)28-22(16-25-27-28)18-10-8-17(2)9-11-18/h4-16H,3H2,1-2H3,(H,26,29). The van der Waals surface area contributed by atoms with E-state index >= 15 is 0 Å². The van der Waals surface area contributed by atoms with Gasteiger partial charge in [0.25, 0.3) is 5.91 Å². The van der Waals surface area contributed by atoms with Crippen molar-refractivity contribution in [1.29, 1.82) is 0 Å². The molecule has 150 valence electrons. The highest BCUT2D eigenvalue weighted by atomic mass is 16.5. The lowest BCUT2D eigenvalue weighted by molar-refractivity contribution is 0.102. The lowest BCUT2D eigenvalue weighted by atomic mass is 10.1. The van der Waals surface area contributed by atoms with Gasteiger partial charge in [0, 0.05) is 11.1 Å². The minimum atomic E-state index is -0.203. The number of anilines is 1. The number of hydrogen-bond acceptors (Lipinski definition) is 4. The molecule has 3 aromatic carbocycles. The minimum Gasteiger partial charge on any atom is -0.492 e. The Morgan fingerprint density at radius 1 is 1.00 bits per heavy atom. The van der Waals surface area contributed by atoms with E-state index in [4.69, 9.17) is 4.74 Å². The Labute approximate surface area is 175 Å². The zero-order valence-electron chi connectivity index (χ0n) is 16.9. The topological polar surface area (TPSA) is 69.0 Å². The molecule has 1 N–H and O–H groups in total. The van der Waals surface area contributed by atoms with E-state index in [1.807, 2.05) is 55.5 Å². The Balaban J connectivity index is 1.55. The van der Waals surface area contributed by atoms with Crippen LogP contribution in [0.2, 0.25) is 0 Å². The van der Waals surface area contributed by atoms with E-state index in [9.17, 15) is 4.79 Å². The normalized spacial score (nSPS) is 10.6. The molecule has 30 heavy (non-hydrogen) atoms. The van der Waals surface area contributed by atoms with Crippen molar-refractivity contribution < 1.29 is 9.53 Å². The Kier molecular flexibility index (Phi) is 5.57. The number of amides is 1. The van der Waals surface area contributed by atoms with Crippen molar-refractivity contribution in [3.05, 3.63) is 90.1 Å². The molecule has 0 saturated heterocycles.